The molecule has 0 aromatic heterocycles. The molecule has 0 saturated carbocycles. The summed E-state index contributed by atoms with van der Waals surface area (Å²) in [6.45, 7) is 3.94. The van der Waals surface area contributed by atoms with Gasteiger partial charge in [-0.3, -0.25) is 0 Å². The molecule has 0 radical (unpaired) electrons. The lowest BCUT2D eigenvalue weighted by Gasteiger charge is -2.32. The summed E-state index contributed by atoms with van der Waals surface area (Å²) >= 11 is 0. The fourth-order valence-corrected chi connectivity index (χ4v) is 4.91. The number of nitrogens with zero attached hydrogens (tertiary/aromatic N) is 2. The Labute approximate surface area is 142 Å². The number of piperidine rings is 1. The molecule has 1 N–H and O–H groups in total. The van der Waals surface area contributed by atoms with Gasteiger partial charge in [-0.1, -0.05) is 18.7 Å². The van der Waals surface area contributed by atoms with Crippen molar-refractivity contribution >= 4 is 20.0 Å². The molecule has 1 fully saturated rings. The third-order valence-corrected chi connectivity index (χ3v) is 6.83. The van der Waals surface area contributed by atoms with Gasteiger partial charge in [0.25, 0.3) is 0 Å². The summed E-state index contributed by atoms with van der Waals surface area (Å²) in [6.07, 6.45) is 1.36. The third kappa shape index (κ3) is 4.21. The Balaban J connectivity index is 2.17. The molecule has 1 aliphatic heterocycles. The number of hydrogen-bond acceptors (Lipinski definition) is 5. The molecular weight excluding hydrogens is 350 g/mol. The van der Waals surface area contributed by atoms with Gasteiger partial charge in [0.1, 0.15) is 6.07 Å². The van der Waals surface area contributed by atoms with Crippen LogP contribution in [0.4, 0.5) is 0 Å². The summed E-state index contributed by atoms with van der Waals surface area (Å²) in [6, 6.07) is 7.96. The zero-order valence-electron chi connectivity index (χ0n) is 13.1. The molecule has 1 saturated heterocycles. The van der Waals surface area contributed by atoms with E-state index in [4.69, 9.17) is 5.26 Å². The van der Waals surface area contributed by atoms with Gasteiger partial charge in [0.15, 0.2) is 0 Å². The summed E-state index contributed by atoms with van der Waals surface area (Å²) in [7, 11) is -7.32. The van der Waals surface area contributed by atoms with Crippen molar-refractivity contribution in [2.75, 3.05) is 19.6 Å². The fourth-order valence-electron chi connectivity index (χ4n) is 2.63. The molecule has 0 amide bonds. The van der Waals surface area contributed by atoms with Crippen LogP contribution in [-0.2, 0) is 20.0 Å². The quantitative estimate of drug-likeness (QED) is 0.805. The number of sulfonamides is 2. The molecule has 1 atom stereocenters. The second-order valence-corrected chi connectivity index (χ2v) is 9.16. The minimum Gasteiger partial charge on any atom is -0.211 e. The highest BCUT2D eigenvalue weighted by molar-refractivity contribution is 7.92. The Morgan fingerprint density at radius 2 is 2.04 bits per heavy atom. The van der Waals surface area contributed by atoms with Gasteiger partial charge in [0.2, 0.25) is 20.0 Å². The highest BCUT2D eigenvalue weighted by Gasteiger charge is 2.31. The van der Waals surface area contributed by atoms with Crippen LogP contribution in [0.25, 0.3) is 0 Å². The van der Waals surface area contributed by atoms with Gasteiger partial charge >= 0.3 is 0 Å². The van der Waals surface area contributed by atoms with E-state index >= 15 is 0 Å². The van der Waals surface area contributed by atoms with Crippen LogP contribution >= 0.6 is 0 Å². The van der Waals surface area contributed by atoms with Crippen molar-refractivity contribution in [2.45, 2.75) is 17.7 Å². The van der Waals surface area contributed by atoms with Gasteiger partial charge in [0.05, 0.1) is 10.5 Å². The summed E-state index contributed by atoms with van der Waals surface area (Å²) in [5.74, 6) is -0.127. The van der Waals surface area contributed by atoms with Crippen molar-refractivity contribution < 1.29 is 16.8 Å². The lowest BCUT2D eigenvalue weighted by Crippen LogP contribution is -2.43. The van der Waals surface area contributed by atoms with Crippen LogP contribution in [0.5, 0.6) is 0 Å². The Hall–Kier alpha value is -1.73. The zero-order chi connectivity index (χ0) is 17.8. The standard InChI is InChI=1S/C15H19N3O4S2/c1-2-23(19,20)17-11-13-6-5-9-18(12-13)24(21,22)15-8-4-3-7-14(15)10-16/h2-4,7-8,13,17H,1,5-6,9,11-12H2. The average molecular weight is 369 g/mol. The summed E-state index contributed by atoms with van der Waals surface area (Å²) in [5.41, 5.74) is 0.104. The van der Waals surface area contributed by atoms with E-state index in [2.05, 4.69) is 11.3 Å². The molecule has 7 nitrogen and oxygen atoms in total. The molecule has 24 heavy (non-hydrogen) atoms. The lowest BCUT2D eigenvalue weighted by atomic mass is 10.0. The fraction of sp³-hybridized carbons (Fsp3) is 0.400. The molecule has 0 bridgehead atoms. The number of hydrogen-bond donors (Lipinski definition) is 1. The zero-order valence-corrected chi connectivity index (χ0v) is 14.7. The Kier molecular flexibility index (Phi) is 5.77. The maximum Gasteiger partial charge on any atom is 0.244 e. The monoisotopic (exact) mass is 369 g/mol. The Bertz CT molecular complexity index is 857. The molecule has 1 aromatic rings. The van der Waals surface area contributed by atoms with E-state index in [-0.39, 0.29) is 29.5 Å². The normalized spacial score (nSPS) is 19.5. The first-order chi connectivity index (χ1) is 11.3. The van der Waals surface area contributed by atoms with Gasteiger partial charge in [0, 0.05) is 25.0 Å². The number of nitriles is 1. The molecule has 0 spiro atoms. The van der Waals surface area contributed by atoms with Crippen molar-refractivity contribution in [1.82, 2.24) is 9.03 Å². The molecule has 1 heterocycles. The third-order valence-electron chi connectivity index (χ3n) is 3.90. The first-order valence-electron chi connectivity index (χ1n) is 7.41. The maximum absolute atomic E-state index is 12.8. The van der Waals surface area contributed by atoms with E-state index in [9.17, 15) is 16.8 Å². The lowest BCUT2D eigenvalue weighted by molar-refractivity contribution is 0.267. The summed E-state index contributed by atoms with van der Waals surface area (Å²) in [4.78, 5) is -0.0141. The summed E-state index contributed by atoms with van der Waals surface area (Å²) in [5, 5.41) is 9.94. The van der Waals surface area contributed by atoms with Crippen LogP contribution in [0.3, 0.4) is 0 Å². The van der Waals surface area contributed by atoms with Gasteiger partial charge in [-0.15, -0.1) is 0 Å². The van der Waals surface area contributed by atoms with Crippen LogP contribution in [0, 0.1) is 17.2 Å². The molecule has 130 valence electrons. The topological polar surface area (TPSA) is 107 Å². The van der Waals surface area contributed by atoms with E-state index < -0.39 is 20.0 Å². The number of benzene rings is 1. The van der Waals surface area contributed by atoms with E-state index in [1.807, 2.05) is 6.07 Å². The van der Waals surface area contributed by atoms with E-state index in [1.54, 1.807) is 12.1 Å². The molecule has 0 aliphatic carbocycles. The molecule has 1 unspecified atom stereocenters. The highest BCUT2D eigenvalue weighted by Crippen LogP contribution is 2.25. The highest BCUT2D eigenvalue weighted by atomic mass is 32.2. The predicted octanol–water partition coefficient (Wildman–Crippen LogP) is 1.02. The molecule has 1 aromatic carbocycles. The second-order valence-electron chi connectivity index (χ2n) is 5.54. The predicted molar refractivity (Wildman–Crippen MR) is 89.8 cm³/mol. The first kappa shape index (κ1) is 18.6. The largest absolute Gasteiger partial charge is 0.244 e. The van der Waals surface area contributed by atoms with Crippen LogP contribution in [0.1, 0.15) is 18.4 Å². The van der Waals surface area contributed by atoms with Crippen LogP contribution < -0.4 is 4.72 Å². The smallest absolute Gasteiger partial charge is 0.211 e. The van der Waals surface area contributed by atoms with E-state index in [0.29, 0.717) is 13.0 Å². The minimum absolute atomic E-state index is 0.0141. The molecule has 1 aliphatic rings. The second kappa shape index (κ2) is 7.44. The molecular formula is C15H19N3O4S2. The number of nitrogens with one attached hydrogen (secondary N) is 1. The van der Waals surface area contributed by atoms with Crippen molar-refractivity contribution in [3.63, 3.8) is 0 Å². The van der Waals surface area contributed by atoms with Gasteiger partial charge in [-0.25, -0.2) is 21.6 Å². The van der Waals surface area contributed by atoms with Gasteiger partial charge < -0.3 is 0 Å². The van der Waals surface area contributed by atoms with Crippen molar-refractivity contribution in [2.24, 2.45) is 5.92 Å². The van der Waals surface area contributed by atoms with Gasteiger partial charge in [-0.2, -0.15) is 9.57 Å². The van der Waals surface area contributed by atoms with Crippen molar-refractivity contribution in [1.29, 1.82) is 5.26 Å². The average Bonchev–Trinajstić information content (AvgIpc) is 2.60. The number of rotatable bonds is 6. The van der Waals surface area contributed by atoms with Crippen molar-refractivity contribution in [3.8, 4) is 6.07 Å². The van der Waals surface area contributed by atoms with Crippen LogP contribution in [0.2, 0.25) is 0 Å². The van der Waals surface area contributed by atoms with E-state index in [0.717, 1.165) is 11.8 Å². The maximum atomic E-state index is 12.8. The molecule has 9 heteroatoms. The minimum atomic E-state index is -3.78. The van der Waals surface area contributed by atoms with Crippen molar-refractivity contribution in [3.05, 3.63) is 41.8 Å². The van der Waals surface area contributed by atoms with Crippen LogP contribution in [-0.4, -0.2) is 40.8 Å². The van der Waals surface area contributed by atoms with E-state index in [1.165, 1.54) is 16.4 Å². The summed E-state index contributed by atoms with van der Waals surface area (Å²) < 4.78 is 52.1. The van der Waals surface area contributed by atoms with Gasteiger partial charge in [-0.05, 0) is 30.9 Å². The Morgan fingerprint density at radius 1 is 1.33 bits per heavy atom. The Morgan fingerprint density at radius 3 is 2.71 bits per heavy atom. The SMILES string of the molecule is C=CS(=O)(=O)NCC1CCCN(S(=O)(=O)c2ccccc2C#N)C1. The molecule has 2 rings (SSSR count). The van der Waals surface area contributed by atoms with Crippen LogP contribution in [0.15, 0.2) is 41.1 Å². The first-order valence-corrected chi connectivity index (χ1v) is 10.4.